The zero-order chi connectivity index (χ0) is 14.8. The second-order valence-electron chi connectivity index (χ2n) is 5.98. The molecule has 3 heteroatoms. The van der Waals surface area contributed by atoms with Crippen molar-refractivity contribution in [3.8, 4) is 5.75 Å². The van der Waals surface area contributed by atoms with Gasteiger partial charge in [-0.25, -0.2) is 0 Å². The summed E-state index contributed by atoms with van der Waals surface area (Å²) < 4.78 is 5.49. The van der Waals surface area contributed by atoms with Crippen LogP contribution in [0.15, 0.2) is 6.07 Å². The average Bonchev–Trinajstić information content (AvgIpc) is 2.36. The van der Waals surface area contributed by atoms with Gasteiger partial charge in [-0.15, -0.1) is 0 Å². The summed E-state index contributed by atoms with van der Waals surface area (Å²) in [4.78, 5) is 0. The Hall–Kier alpha value is -1.06. The van der Waals surface area contributed by atoms with Crippen LogP contribution < -0.4 is 15.8 Å². The van der Waals surface area contributed by atoms with Gasteiger partial charge >= 0.3 is 0 Å². The average molecular weight is 264 g/mol. The maximum Gasteiger partial charge on any atom is 0.124 e. The van der Waals surface area contributed by atoms with Crippen LogP contribution in [0.25, 0.3) is 0 Å². The summed E-state index contributed by atoms with van der Waals surface area (Å²) in [5.74, 6) is 0.988. The molecule has 19 heavy (non-hydrogen) atoms. The molecule has 0 amide bonds. The number of aryl methyl sites for hydroxylation is 1. The maximum absolute atomic E-state index is 5.94. The molecule has 0 saturated carbocycles. The van der Waals surface area contributed by atoms with E-state index in [4.69, 9.17) is 10.5 Å². The highest BCUT2D eigenvalue weighted by molar-refractivity contribution is 5.50. The lowest BCUT2D eigenvalue weighted by Crippen LogP contribution is -2.38. The molecule has 3 nitrogen and oxygen atoms in total. The van der Waals surface area contributed by atoms with E-state index in [9.17, 15) is 0 Å². The predicted molar refractivity (Wildman–Crippen MR) is 81.8 cm³/mol. The van der Waals surface area contributed by atoms with Gasteiger partial charge in [0.1, 0.15) is 5.75 Å². The zero-order valence-electron chi connectivity index (χ0n) is 13.3. The Balaban J connectivity index is 3.42. The number of rotatable bonds is 5. The summed E-state index contributed by atoms with van der Waals surface area (Å²) in [6.07, 6.45) is 0. The molecule has 1 aromatic rings. The SMILES string of the molecule is CNC(c1cc(C)c(OC)c(C)c1C)C(C)(C)CN. The van der Waals surface area contributed by atoms with Crippen molar-refractivity contribution < 1.29 is 4.74 Å². The van der Waals surface area contributed by atoms with Gasteiger partial charge in [0.15, 0.2) is 0 Å². The van der Waals surface area contributed by atoms with E-state index < -0.39 is 0 Å². The number of nitrogens with one attached hydrogen (secondary N) is 1. The summed E-state index contributed by atoms with van der Waals surface area (Å²) in [6, 6.07) is 2.46. The molecule has 0 aliphatic carbocycles. The van der Waals surface area contributed by atoms with E-state index in [0.717, 1.165) is 5.75 Å². The van der Waals surface area contributed by atoms with Crippen molar-refractivity contribution in [3.63, 3.8) is 0 Å². The minimum atomic E-state index is 0.00692. The molecule has 0 aliphatic heterocycles. The third kappa shape index (κ3) is 2.93. The van der Waals surface area contributed by atoms with Crippen LogP contribution in [0, 0.1) is 26.2 Å². The Bertz CT molecular complexity index is 453. The van der Waals surface area contributed by atoms with Gasteiger partial charge in [0.25, 0.3) is 0 Å². The van der Waals surface area contributed by atoms with Crippen molar-refractivity contribution >= 4 is 0 Å². The zero-order valence-corrected chi connectivity index (χ0v) is 13.3. The third-order valence-corrected chi connectivity index (χ3v) is 4.18. The minimum absolute atomic E-state index is 0.00692. The van der Waals surface area contributed by atoms with E-state index in [2.05, 4.69) is 46.0 Å². The Kier molecular flexibility index (Phi) is 4.99. The van der Waals surface area contributed by atoms with Crippen LogP contribution in [0.2, 0.25) is 0 Å². The molecule has 0 aliphatic rings. The first kappa shape index (κ1) is 16.0. The lowest BCUT2D eigenvalue weighted by atomic mass is 9.78. The molecule has 1 rings (SSSR count). The highest BCUT2D eigenvalue weighted by Gasteiger charge is 2.30. The quantitative estimate of drug-likeness (QED) is 0.859. The first-order valence-electron chi connectivity index (χ1n) is 6.82. The van der Waals surface area contributed by atoms with Gasteiger partial charge in [-0.2, -0.15) is 0 Å². The van der Waals surface area contributed by atoms with E-state index in [1.54, 1.807) is 7.11 Å². The molecule has 1 aromatic carbocycles. The Labute approximate surface area is 117 Å². The van der Waals surface area contributed by atoms with E-state index in [0.29, 0.717) is 6.54 Å². The Morgan fingerprint density at radius 1 is 1.26 bits per heavy atom. The second kappa shape index (κ2) is 5.93. The molecule has 0 heterocycles. The van der Waals surface area contributed by atoms with Gasteiger partial charge in [-0.1, -0.05) is 19.9 Å². The minimum Gasteiger partial charge on any atom is -0.496 e. The number of nitrogens with two attached hydrogens (primary N) is 1. The summed E-state index contributed by atoms with van der Waals surface area (Å²) in [5, 5.41) is 3.42. The topological polar surface area (TPSA) is 47.3 Å². The van der Waals surface area contributed by atoms with Crippen LogP contribution >= 0.6 is 0 Å². The number of ether oxygens (including phenoxy) is 1. The molecule has 0 aromatic heterocycles. The molecule has 1 unspecified atom stereocenters. The fraction of sp³-hybridized carbons (Fsp3) is 0.625. The molecular weight excluding hydrogens is 236 g/mol. The number of hydrogen-bond acceptors (Lipinski definition) is 3. The van der Waals surface area contributed by atoms with Crippen LogP contribution in [0.5, 0.6) is 5.75 Å². The standard InChI is InChI=1S/C16H28N2O/c1-10-8-13(11(2)12(3)14(10)19-7)15(18-6)16(4,5)9-17/h8,15,18H,9,17H2,1-7H3. The Morgan fingerprint density at radius 3 is 2.26 bits per heavy atom. The lowest BCUT2D eigenvalue weighted by Gasteiger charge is -2.35. The van der Waals surface area contributed by atoms with E-state index in [1.807, 2.05) is 7.05 Å². The smallest absolute Gasteiger partial charge is 0.124 e. The van der Waals surface area contributed by atoms with Gasteiger partial charge in [0, 0.05) is 6.04 Å². The van der Waals surface area contributed by atoms with E-state index in [1.165, 1.54) is 22.3 Å². The maximum atomic E-state index is 5.94. The van der Waals surface area contributed by atoms with Crippen molar-refractivity contribution in [3.05, 3.63) is 28.3 Å². The van der Waals surface area contributed by atoms with Gasteiger partial charge in [-0.05, 0) is 62.0 Å². The second-order valence-corrected chi connectivity index (χ2v) is 5.98. The molecule has 0 bridgehead atoms. The molecule has 0 saturated heterocycles. The number of hydrogen-bond donors (Lipinski definition) is 2. The van der Waals surface area contributed by atoms with Crippen LogP contribution in [0.3, 0.4) is 0 Å². The first-order valence-corrected chi connectivity index (χ1v) is 6.82. The highest BCUT2D eigenvalue weighted by atomic mass is 16.5. The van der Waals surface area contributed by atoms with E-state index >= 15 is 0 Å². The molecule has 1 atom stereocenters. The van der Waals surface area contributed by atoms with Crippen LogP contribution in [-0.4, -0.2) is 20.7 Å². The van der Waals surface area contributed by atoms with Crippen molar-refractivity contribution in [2.75, 3.05) is 20.7 Å². The van der Waals surface area contributed by atoms with Gasteiger partial charge < -0.3 is 15.8 Å². The first-order chi connectivity index (χ1) is 8.80. The summed E-state index contributed by atoms with van der Waals surface area (Å²) >= 11 is 0. The summed E-state index contributed by atoms with van der Waals surface area (Å²) in [7, 11) is 3.73. The van der Waals surface area contributed by atoms with E-state index in [-0.39, 0.29) is 11.5 Å². The monoisotopic (exact) mass is 264 g/mol. The normalized spacial score (nSPS) is 13.5. The molecular formula is C16H28N2O. The van der Waals surface area contributed by atoms with Crippen molar-refractivity contribution in [2.45, 2.75) is 40.7 Å². The van der Waals surface area contributed by atoms with Gasteiger partial charge in [0.05, 0.1) is 7.11 Å². The number of methoxy groups -OCH3 is 1. The highest BCUT2D eigenvalue weighted by Crippen LogP contribution is 2.38. The molecule has 108 valence electrons. The lowest BCUT2D eigenvalue weighted by molar-refractivity contribution is 0.264. The molecule has 0 spiro atoms. The molecule has 0 radical (unpaired) electrons. The summed E-state index contributed by atoms with van der Waals surface area (Å²) in [6.45, 7) is 11.4. The summed E-state index contributed by atoms with van der Waals surface area (Å²) in [5.41, 5.74) is 10.9. The van der Waals surface area contributed by atoms with Crippen LogP contribution in [0.1, 0.15) is 42.1 Å². The fourth-order valence-electron chi connectivity index (χ4n) is 2.79. The van der Waals surface area contributed by atoms with Crippen molar-refractivity contribution in [2.24, 2.45) is 11.1 Å². The van der Waals surface area contributed by atoms with Crippen molar-refractivity contribution in [1.29, 1.82) is 0 Å². The van der Waals surface area contributed by atoms with Gasteiger partial charge in [-0.3, -0.25) is 0 Å². The molecule has 3 N–H and O–H groups in total. The molecule has 0 fully saturated rings. The predicted octanol–water partition coefficient (Wildman–Crippen LogP) is 2.87. The Morgan fingerprint density at radius 2 is 1.84 bits per heavy atom. The largest absolute Gasteiger partial charge is 0.496 e. The fourth-order valence-corrected chi connectivity index (χ4v) is 2.79. The van der Waals surface area contributed by atoms with Crippen LogP contribution in [0.4, 0.5) is 0 Å². The number of benzene rings is 1. The van der Waals surface area contributed by atoms with Crippen LogP contribution in [-0.2, 0) is 0 Å². The third-order valence-electron chi connectivity index (χ3n) is 4.18. The van der Waals surface area contributed by atoms with Gasteiger partial charge in [0.2, 0.25) is 0 Å². The van der Waals surface area contributed by atoms with Crippen molar-refractivity contribution in [1.82, 2.24) is 5.32 Å².